The van der Waals surface area contributed by atoms with Gasteiger partial charge in [-0.1, -0.05) is 0 Å². The fourth-order valence-corrected chi connectivity index (χ4v) is 2.32. The van der Waals surface area contributed by atoms with Gasteiger partial charge in [-0.05, 0) is 50.4 Å². The van der Waals surface area contributed by atoms with Crippen molar-refractivity contribution < 1.29 is 0 Å². The first-order valence-corrected chi connectivity index (χ1v) is 5.43. The Morgan fingerprint density at radius 3 is 2.50 bits per heavy atom. The molecule has 0 saturated carbocycles. The van der Waals surface area contributed by atoms with E-state index in [1.165, 1.54) is 12.1 Å². The third-order valence-electron chi connectivity index (χ3n) is 1.99. The highest BCUT2D eigenvalue weighted by Crippen LogP contribution is 2.29. The lowest BCUT2D eigenvalue weighted by Gasteiger charge is -2.33. The summed E-state index contributed by atoms with van der Waals surface area (Å²) in [4.78, 5) is 6.58. The summed E-state index contributed by atoms with van der Waals surface area (Å²) >= 11 is 6.77. The monoisotopic (exact) mass is 290 g/mol. The Bertz CT molecular complexity index is 297. The Balaban J connectivity index is 2.31. The molecule has 12 heavy (non-hydrogen) atoms. The molecule has 0 unspecified atom stereocenters. The molecule has 1 fully saturated rings. The zero-order valence-electron chi connectivity index (χ0n) is 6.43. The van der Waals surface area contributed by atoms with Gasteiger partial charge >= 0.3 is 0 Å². The van der Waals surface area contributed by atoms with Gasteiger partial charge in [0.15, 0.2) is 0 Å². The molecule has 0 radical (unpaired) electrons. The van der Waals surface area contributed by atoms with E-state index in [2.05, 4.69) is 47.8 Å². The molecule has 1 aliphatic rings. The van der Waals surface area contributed by atoms with Crippen LogP contribution in [0.25, 0.3) is 0 Å². The summed E-state index contributed by atoms with van der Waals surface area (Å²) in [6.07, 6.45) is 1.29. The first-order valence-electron chi connectivity index (χ1n) is 3.84. The van der Waals surface area contributed by atoms with E-state index in [0.29, 0.717) is 0 Å². The molecule has 1 saturated heterocycles. The van der Waals surface area contributed by atoms with Crippen LogP contribution in [-0.2, 0) is 0 Å². The molecular formula is C8H8Br2N2. The highest BCUT2D eigenvalue weighted by atomic mass is 79.9. The van der Waals surface area contributed by atoms with Gasteiger partial charge in [0, 0.05) is 13.1 Å². The van der Waals surface area contributed by atoms with Crippen LogP contribution >= 0.6 is 31.9 Å². The molecule has 0 amide bonds. The smallest absolute Gasteiger partial charge is 0.130 e. The Morgan fingerprint density at radius 1 is 1.25 bits per heavy atom. The summed E-state index contributed by atoms with van der Waals surface area (Å²) in [6.45, 7) is 2.31. The van der Waals surface area contributed by atoms with E-state index in [-0.39, 0.29) is 0 Å². The molecule has 2 nitrogen and oxygen atoms in total. The maximum atomic E-state index is 4.27. The molecule has 0 N–H and O–H groups in total. The van der Waals surface area contributed by atoms with Gasteiger partial charge in [0.1, 0.15) is 9.21 Å². The fraction of sp³-hybridized carbons (Fsp3) is 0.375. The Kier molecular flexibility index (Phi) is 2.37. The summed E-state index contributed by atoms with van der Waals surface area (Å²) in [5.74, 6) is 0. The minimum atomic E-state index is 0.874. The van der Waals surface area contributed by atoms with Crippen LogP contribution in [0.1, 0.15) is 6.42 Å². The number of aromatic nitrogens is 1. The third-order valence-corrected chi connectivity index (χ3v) is 3.02. The summed E-state index contributed by atoms with van der Waals surface area (Å²) < 4.78 is 1.80. The standard InChI is InChI=1S/C8H8Br2N2/c9-7-3-2-6(8(10)11-7)12-4-1-5-12/h2-3H,1,4-5H2. The number of pyridine rings is 1. The zero-order valence-corrected chi connectivity index (χ0v) is 9.60. The summed E-state index contributed by atoms with van der Waals surface area (Å²) in [7, 11) is 0. The van der Waals surface area contributed by atoms with E-state index in [1.807, 2.05) is 6.07 Å². The largest absolute Gasteiger partial charge is 0.369 e. The summed E-state index contributed by atoms with van der Waals surface area (Å²) in [5, 5.41) is 0. The summed E-state index contributed by atoms with van der Waals surface area (Å²) in [5.41, 5.74) is 1.20. The van der Waals surface area contributed by atoms with Crippen LogP contribution in [0.4, 0.5) is 5.69 Å². The fourth-order valence-electron chi connectivity index (χ4n) is 1.20. The Morgan fingerprint density at radius 2 is 2.00 bits per heavy atom. The second kappa shape index (κ2) is 3.34. The number of halogens is 2. The van der Waals surface area contributed by atoms with Gasteiger partial charge in [0.25, 0.3) is 0 Å². The normalized spacial score (nSPS) is 16.0. The van der Waals surface area contributed by atoms with Crippen molar-refractivity contribution in [2.24, 2.45) is 0 Å². The molecule has 1 aromatic rings. The van der Waals surface area contributed by atoms with Crippen molar-refractivity contribution in [2.75, 3.05) is 18.0 Å². The van der Waals surface area contributed by atoms with Gasteiger partial charge in [0.05, 0.1) is 5.69 Å². The lowest BCUT2D eigenvalue weighted by molar-refractivity contribution is 0.615. The Labute approximate surface area is 88.2 Å². The summed E-state index contributed by atoms with van der Waals surface area (Å²) in [6, 6.07) is 4.05. The maximum Gasteiger partial charge on any atom is 0.130 e. The third kappa shape index (κ3) is 1.50. The minimum Gasteiger partial charge on any atom is -0.369 e. The van der Waals surface area contributed by atoms with Crippen LogP contribution in [-0.4, -0.2) is 18.1 Å². The molecule has 0 aliphatic carbocycles. The minimum absolute atomic E-state index is 0.874. The van der Waals surface area contributed by atoms with Gasteiger partial charge < -0.3 is 4.90 Å². The van der Waals surface area contributed by atoms with Crippen molar-refractivity contribution in [3.63, 3.8) is 0 Å². The van der Waals surface area contributed by atoms with E-state index in [1.54, 1.807) is 0 Å². The maximum absolute atomic E-state index is 4.27. The molecule has 2 rings (SSSR count). The number of hydrogen-bond acceptors (Lipinski definition) is 2. The van der Waals surface area contributed by atoms with Gasteiger partial charge in [-0.3, -0.25) is 0 Å². The second-order valence-electron chi connectivity index (χ2n) is 2.78. The number of nitrogens with zero attached hydrogens (tertiary/aromatic N) is 2. The van der Waals surface area contributed by atoms with E-state index < -0.39 is 0 Å². The van der Waals surface area contributed by atoms with Crippen molar-refractivity contribution in [3.8, 4) is 0 Å². The number of hydrogen-bond donors (Lipinski definition) is 0. The highest BCUT2D eigenvalue weighted by molar-refractivity contribution is 9.11. The molecule has 1 aliphatic heterocycles. The Hall–Kier alpha value is -0.0900. The van der Waals surface area contributed by atoms with E-state index in [4.69, 9.17) is 0 Å². The molecule has 2 heterocycles. The molecule has 0 spiro atoms. The van der Waals surface area contributed by atoms with Gasteiger partial charge in [-0.2, -0.15) is 0 Å². The predicted octanol–water partition coefficient (Wildman–Crippen LogP) is 2.82. The second-order valence-corrected chi connectivity index (χ2v) is 4.35. The molecular weight excluding hydrogens is 284 g/mol. The van der Waals surface area contributed by atoms with Gasteiger partial charge in [-0.25, -0.2) is 4.98 Å². The van der Waals surface area contributed by atoms with Crippen molar-refractivity contribution >= 4 is 37.5 Å². The van der Waals surface area contributed by atoms with Crippen LogP contribution in [0, 0.1) is 0 Å². The lowest BCUT2D eigenvalue weighted by Crippen LogP contribution is -2.37. The van der Waals surface area contributed by atoms with Crippen LogP contribution in [0.15, 0.2) is 21.3 Å². The van der Waals surface area contributed by atoms with E-state index in [0.717, 1.165) is 22.3 Å². The van der Waals surface area contributed by atoms with Crippen LogP contribution in [0.3, 0.4) is 0 Å². The van der Waals surface area contributed by atoms with Gasteiger partial charge in [-0.15, -0.1) is 0 Å². The first kappa shape index (κ1) is 8.51. The van der Waals surface area contributed by atoms with Crippen molar-refractivity contribution in [3.05, 3.63) is 21.3 Å². The zero-order chi connectivity index (χ0) is 8.55. The lowest BCUT2D eigenvalue weighted by atomic mass is 10.2. The molecule has 0 atom stereocenters. The first-order chi connectivity index (χ1) is 5.77. The van der Waals surface area contributed by atoms with Crippen molar-refractivity contribution in [1.29, 1.82) is 0 Å². The van der Waals surface area contributed by atoms with Crippen molar-refractivity contribution in [1.82, 2.24) is 4.98 Å². The predicted molar refractivity (Wildman–Crippen MR) is 56.5 cm³/mol. The van der Waals surface area contributed by atoms with Crippen LogP contribution in [0.2, 0.25) is 0 Å². The number of rotatable bonds is 1. The van der Waals surface area contributed by atoms with E-state index in [9.17, 15) is 0 Å². The highest BCUT2D eigenvalue weighted by Gasteiger charge is 2.17. The van der Waals surface area contributed by atoms with Crippen LogP contribution < -0.4 is 4.90 Å². The van der Waals surface area contributed by atoms with E-state index >= 15 is 0 Å². The topological polar surface area (TPSA) is 16.1 Å². The molecule has 0 aromatic carbocycles. The van der Waals surface area contributed by atoms with Crippen LogP contribution in [0.5, 0.6) is 0 Å². The average Bonchev–Trinajstić information content (AvgIpc) is 1.91. The SMILES string of the molecule is Brc1ccc(N2CCC2)c(Br)n1. The quantitative estimate of drug-likeness (QED) is 0.740. The molecule has 1 aromatic heterocycles. The molecule has 0 bridgehead atoms. The molecule has 64 valence electrons. The van der Waals surface area contributed by atoms with Crippen molar-refractivity contribution in [2.45, 2.75) is 6.42 Å². The number of anilines is 1. The average molecular weight is 292 g/mol. The van der Waals surface area contributed by atoms with Gasteiger partial charge in [0.2, 0.25) is 0 Å². The molecule has 4 heteroatoms.